The molecule has 144 valence electrons. The number of carbonyl (C=O) groups excluding carboxylic acids is 1. The van der Waals surface area contributed by atoms with E-state index in [4.69, 9.17) is 9.47 Å². The summed E-state index contributed by atoms with van der Waals surface area (Å²) in [5.74, 6) is 0.636. The van der Waals surface area contributed by atoms with Gasteiger partial charge >= 0.3 is 6.16 Å². The van der Waals surface area contributed by atoms with Crippen LogP contribution < -0.4 is 0 Å². The normalized spacial score (nSPS) is 11.0. The molecule has 0 spiro atoms. The molecule has 0 heterocycles. The average Bonchev–Trinajstić information content (AvgIpc) is 2.76. The lowest BCUT2D eigenvalue weighted by molar-refractivity contribution is 0.0637. The van der Waals surface area contributed by atoms with Crippen molar-refractivity contribution in [3.8, 4) is 0 Å². The number of benzene rings is 3. The lowest BCUT2D eigenvalue weighted by atomic mass is 9.84. The second kappa shape index (κ2) is 10.00. The van der Waals surface area contributed by atoms with Crippen molar-refractivity contribution in [1.29, 1.82) is 0 Å². The molecular formula is C24H24O3S. The van der Waals surface area contributed by atoms with Crippen LogP contribution in [0, 0.1) is 0 Å². The van der Waals surface area contributed by atoms with E-state index in [1.54, 1.807) is 18.7 Å². The molecule has 0 fully saturated rings. The molecule has 3 aromatic rings. The lowest BCUT2D eigenvalue weighted by Gasteiger charge is -2.35. The number of rotatable bonds is 8. The van der Waals surface area contributed by atoms with Crippen molar-refractivity contribution >= 4 is 17.9 Å². The van der Waals surface area contributed by atoms with E-state index in [0.29, 0.717) is 12.4 Å². The number of hydrogen-bond acceptors (Lipinski definition) is 4. The van der Waals surface area contributed by atoms with Crippen LogP contribution in [0.25, 0.3) is 0 Å². The summed E-state index contributed by atoms with van der Waals surface area (Å²) in [6.07, 6.45) is -0.618. The zero-order valence-electron chi connectivity index (χ0n) is 15.9. The molecule has 3 rings (SSSR count). The van der Waals surface area contributed by atoms with Crippen LogP contribution in [-0.2, 0) is 14.2 Å². The molecular weight excluding hydrogens is 368 g/mol. The summed E-state index contributed by atoms with van der Waals surface area (Å²) in [4.78, 5) is 11.5. The van der Waals surface area contributed by atoms with Crippen molar-refractivity contribution in [2.45, 2.75) is 11.7 Å². The monoisotopic (exact) mass is 392 g/mol. The van der Waals surface area contributed by atoms with Gasteiger partial charge in [0.1, 0.15) is 6.61 Å². The van der Waals surface area contributed by atoms with Gasteiger partial charge in [0, 0.05) is 5.75 Å². The molecule has 0 saturated heterocycles. The minimum Gasteiger partial charge on any atom is -0.435 e. The molecule has 0 N–H and O–H groups in total. The Balaban J connectivity index is 1.98. The first-order chi connectivity index (χ1) is 13.8. The molecule has 0 aromatic heterocycles. The number of hydrogen-bond donors (Lipinski definition) is 0. The highest BCUT2D eigenvalue weighted by Crippen LogP contribution is 2.48. The van der Waals surface area contributed by atoms with Crippen LogP contribution in [0.4, 0.5) is 4.79 Å². The largest absolute Gasteiger partial charge is 0.508 e. The molecule has 0 atom stereocenters. The summed E-state index contributed by atoms with van der Waals surface area (Å²) in [5.41, 5.74) is 3.57. The van der Waals surface area contributed by atoms with E-state index < -0.39 is 10.9 Å². The van der Waals surface area contributed by atoms with E-state index in [1.807, 2.05) is 18.2 Å². The molecule has 0 aliphatic rings. The minimum atomic E-state index is -0.618. The Bertz CT molecular complexity index is 754. The first kappa shape index (κ1) is 20.0. The Morgan fingerprint density at radius 2 is 1.18 bits per heavy atom. The molecule has 0 bridgehead atoms. The predicted molar refractivity (Wildman–Crippen MR) is 115 cm³/mol. The zero-order valence-corrected chi connectivity index (χ0v) is 16.7. The summed E-state index contributed by atoms with van der Waals surface area (Å²) in [5, 5.41) is 0. The SMILES string of the molecule is CCOC(=O)OCCSC(c1ccccc1)(c1ccccc1)c1ccccc1. The van der Waals surface area contributed by atoms with Crippen molar-refractivity contribution in [1.82, 2.24) is 0 Å². The molecule has 0 radical (unpaired) electrons. The van der Waals surface area contributed by atoms with Crippen LogP contribution in [0.5, 0.6) is 0 Å². The Kier molecular flexibility index (Phi) is 7.15. The minimum absolute atomic E-state index is 0.289. The molecule has 0 aliphatic heterocycles. The number of carbonyl (C=O) groups is 1. The Labute approximate surface area is 170 Å². The van der Waals surface area contributed by atoms with Crippen LogP contribution in [0.1, 0.15) is 23.6 Å². The van der Waals surface area contributed by atoms with Gasteiger partial charge in [-0.3, -0.25) is 0 Å². The fourth-order valence-electron chi connectivity index (χ4n) is 3.25. The first-order valence-electron chi connectivity index (χ1n) is 9.37. The van der Waals surface area contributed by atoms with E-state index in [0.717, 1.165) is 0 Å². The van der Waals surface area contributed by atoms with Crippen LogP contribution >= 0.6 is 11.8 Å². The maximum atomic E-state index is 11.5. The van der Waals surface area contributed by atoms with Gasteiger partial charge in [-0.15, -0.1) is 11.8 Å². The summed E-state index contributed by atoms with van der Waals surface area (Å²) in [7, 11) is 0. The highest BCUT2D eigenvalue weighted by atomic mass is 32.2. The smallest absolute Gasteiger partial charge is 0.435 e. The van der Waals surface area contributed by atoms with Gasteiger partial charge in [-0.25, -0.2) is 4.79 Å². The molecule has 0 amide bonds. The first-order valence-corrected chi connectivity index (χ1v) is 10.4. The summed E-state index contributed by atoms with van der Waals surface area (Å²) >= 11 is 1.76. The highest BCUT2D eigenvalue weighted by molar-refractivity contribution is 8.00. The molecule has 4 heteroatoms. The second-order valence-electron chi connectivity index (χ2n) is 6.16. The van der Waals surface area contributed by atoms with Crippen LogP contribution in [0.15, 0.2) is 91.0 Å². The Morgan fingerprint density at radius 3 is 1.57 bits per heavy atom. The van der Waals surface area contributed by atoms with Crippen LogP contribution in [-0.4, -0.2) is 25.1 Å². The van der Waals surface area contributed by atoms with Gasteiger partial charge in [0.2, 0.25) is 0 Å². The van der Waals surface area contributed by atoms with Crippen molar-refractivity contribution < 1.29 is 14.3 Å². The standard InChI is InChI=1S/C24H24O3S/c1-2-26-23(25)27-18-19-28-24(20-12-6-3-7-13-20,21-14-8-4-9-15-21)22-16-10-5-11-17-22/h3-17H,2,18-19H2,1H3. The van der Waals surface area contributed by atoms with Gasteiger partial charge in [0.25, 0.3) is 0 Å². The zero-order chi connectivity index (χ0) is 19.7. The molecule has 3 nitrogen and oxygen atoms in total. The number of thioether (sulfide) groups is 1. The topological polar surface area (TPSA) is 35.5 Å². The van der Waals surface area contributed by atoms with E-state index in [9.17, 15) is 4.79 Å². The van der Waals surface area contributed by atoms with Crippen molar-refractivity contribution in [3.05, 3.63) is 108 Å². The molecule has 3 aromatic carbocycles. The maximum absolute atomic E-state index is 11.5. The lowest BCUT2D eigenvalue weighted by Crippen LogP contribution is -2.27. The Morgan fingerprint density at radius 1 is 0.750 bits per heavy atom. The highest BCUT2D eigenvalue weighted by Gasteiger charge is 2.36. The predicted octanol–water partition coefficient (Wildman–Crippen LogP) is 5.88. The summed E-state index contributed by atoms with van der Waals surface area (Å²) < 4.78 is 9.66. The molecule has 0 aliphatic carbocycles. The van der Waals surface area contributed by atoms with Gasteiger partial charge in [-0.05, 0) is 23.6 Å². The quantitative estimate of drug-likeness (QED) is 0.272. The number of ether oxygens (including phenoxy) is 2. The van der Waals surface area contributed by atoms with Gasteiger partial charge in [-0.1, -0.05) is 91.0 Å². The van der Waals surface area contributed by atoms with E-state index in [-0.39, 0.29) is 6.61 Å². The summed E-state index contributed by atoms with van der Waals surface area (Å²) in [6.45, 7) is 2.37. The molecule has 0 saturated carbocycles. The second-order valence-corrected chi connectivity index (χ2v) is 7.47. The third-order valence-electron chi connectivity index (χ3n) is 4.42. The molecule has 0 unspecified atom stereocenters. The van der Waals surface area contributed by atoms with Crippen LogP contribution in [0.2, 0.25) is 0 Å². The maximum Gasteiger partial charge on any atom is 0.508 e. The van der Waals surface area contributed by atoms with Crippen molar-refractivity contribution in [2.24, 2.45) is 0 Å². The van der Waals surface area contributed by atoms with E-state index in [1.165, 1.54) is 16.7 Å². The average molecular weight is 393 g/mol. The van der Waals surface area contributed by atoms with Gasteiger partial charge in [-0.2, -0.15) is 0 Å². The fraction of sp³-hybridized carbons (Fsp3) is 0.208. The molecule has 28 heavy (non-hydrogen) atoms. The summed E-state index contributed by atoms with van der Waals surface area (Å²) in [6, 6.07) is 31.4. The van der Waals surface area contributed by atoms with Gasteiger partial charge < -0.3 is 9.47 Å². The van der Waals surface area contributed by atoms with E-state index >= 15 is 0 Å². The third-order valence-corrected chi connectivity index (χ3v) is 5.94. The van der Waals surface area contributed by atoms with E-state index in [2.05, 4.69) is 72.8 Å². The Hall–Kier alpha value is -2.72. The van der Waals surface area contributed by atoms with Crippen molar-refractivity contribution in [2.75, 3.05) is 19.0 Å². The van der Waals surface area contributed by atoms with Gasteiger partial charge in [0.15, 0.2) is 0 Å². The van der Waals surface area contributed by atoms with Crippen molar-refractivity contribution in [3.63, 3.8) is 0 Å². The third kappa shape index (κ3) is 4.57. The fourth-order valence-corrected chi connectivity index (χ4v) is 4.63. The van der Waals surface area contributed by atoms with Crippen LogP contribution in [0.3, 0.4) is 0 Å². The van der Waals surface area contributed by atoms with Gasteiger partial charge in [0.05, 0.1) is 11.4 Å².